The highest BCUT2D eigenvalue weighted by Gasteiger charge is 2.17. The topological polar surface area (TPSA) is 95.6 Å². The summed E-state index contributed by atoms with van der Waals surface area (Å²) in [5.74, 6) is 1.32. The molecule has 0 saturated heterocycles. The van der Waals surface area contributed by atoms with E-state index >= 15 is 0 Å². The minimum Gasteiger partial charge on any atom is -0.460 e. The maximum atomic E-state index is 12.6. The molecule has 0 saturated carbocycles. The number of nitriles is 1. The van der Waals surface area contributed by atoms with Gasteiger partial charge in [0.05, 0.1) is 5.39 Å². The zero-order valence-corrected chi connectivity index (χ0v) is 15.3. The quantitative estimate of drug-likeness (QED) is 0.523. The fourth-order valence-electron chi connectivity index (χ4n) is 2.98. The van der Waals surface area contributed by atoms with Crippen LogP contribution in [0.15, 0.2) is 45.7 Å². The number of furan rings is 1. The number of halogens is 1. The van der Waals surface area contributed by atoms with Crippen LogP contribution in [0.4, 0.5) is 0 Å². The third-order valence-corrected chi connectivity index (χ3v) is 4.39. The Morgan fingerprint density at radius 3 is 2.67 bits per heavy atom. The van der Waals surface area contributed by atoms with Crippen LogP contribution in [0.1, 0.15) is 17.0 Å². The molecule has 27 heavy (non-hydrogen) atoms. The van der Waals surface area contributed by atoms with Crippen molar-refractivity contribution in [2.24, 2.45) is 0 Å². The molecule has 4 heterocycles. The van der Waals surface area contributed by atoms with E-state index in [-0.39, 0.29) is 11.0 Å². The van der Waals surface area contributed by atoms with Crippen LogP contribution in [0.25, 0.3) is 33.6 Å². The number of pyridine rings is 3. The van der Waals surface area contributed by atoms with Gasteiger partial charge in [0.15, 0.2) is 5.76 Å². The molecule has 0 aliphatic carbocycles. The summed E-state index contributed by atoms with van der Waals surface area (Å²) >= 11 is 6.13. The molecule has 132 valence electrons. The van der Waals surface area contributed by atoms with E-state index in [1.807, 2.05) is 38.1 Å². The fraction of sp³-hybridized carbons (Fsp3) is 0.100. The van der Waals surface area contributed by atoms with Gasteiger partial charge in [-0.3, -0.25) is 4.79 Å². The Hall–Kier alpha value is -3.43. The van der Waals surface area contributed by atoms with Crippen molar-refractivity contribution in [3.8, 4) is 28.7 Å². The lowest BCUT2D eigenvalue weighted by molar-refractivity contribution is 0.547. The molecule has 0 bridgehead atoms. The Bertz CT molecular complexity index is 1280. The molecule has 0 radical (unpaired) electrons. The number of nitrogens with one attached hydrogen (secondary N) is 1. The second-order valence-electron chi connectivity index (χ2n) is 6.15. The molecule has 7 heteroatoms. The van der Waals surface area contributed by atoms with Crippen LogP contribution in [0.5, 0.6) is 0 Å². The van der Waals surface area contributed by atoms with Crippen LogP contribution < -0.4 is 5.43 Å². The van der Waals surface area contributed by atoms with Crippen molar-refractivity contribution in [3.63, 3.8) is 0 Å². The molecular formula is C20H13ClN4O2. The van der Waals surface area contributed by atoms with Crippen molar-refractivity contribution in [1.82, 2.24) is 15.0 Å². The minimum atomic E-state index is -0.376. The minimum absolute atomic E-state index is 0.0285. The standard InChI is InChI=1S/C20H13ClN4O2/c1-10-5-12(6-17(21)24-10)14-7-15-19(26)13(8-22)9-23-20(15)25-18(14)16-4-3-11(2)27-16/h3-7,9H,1-2H3,(H,23,25,26). The van der Waals surface area contributed by atoms with Crippen LogP contribution in [0, 0.1) is 25.2 Å². The number of H-pyrrole nitrogens is 1. The number of rotatable bonds is 2. The Morgan fingerprint density at radius 2 is 2.00 bits per heavy atom. The van der Waals surface area contributed by atoms with Gasteiger partial charge in [0.2, 0.25) is 5.43 Å². The molecule has 0 atom stereocenters. The summed E-state index contributed by atoms with van der Waals surface area (Å²) in [7, 11) is 0. The zero-order valence-electron chi connectivity index (χ0n) is 14.5. The van der Waals surface area contributed by atoms with Gasteiger partial charge in [0.25, 0.3) is 0 Å². The fourth-order valence-corrected chi connectivity index (χ4v) is 3.23. The first-order valence-electron chi connectivity index (χ1n) is 8.14. The largest absolute Gasteiger partial charge is 0.460 e. The van der Waals surface area contributed by atoms with E-state index in [1.165, 1.54) is 6.20 Å². The maximum absolute atomic E-state index is 12.6. The molecule has 0 aliphatic heterocycles. The highest BCUT2D eigenvalue weighted by molar-refractivity contribution is 6.29. The van der Waals surface area contributed by atoms with Crippen LogP contribution in [0.3, 0.4) is 0 Å². The second kappa shape index (κ2) is 6.38. The summed E-state index contributed by atoms with van der Waals surface area (Å²) in [6.45, 7) is 3.68. The lowest BCUT2D eigenvalue weighted by Crippen LogP contribution is -2.09. The third kappa shape index (κ3) is 2.98. The molecule has 1 N–H and O–H groups in total. The van der Waals surface area contributed by atoms with Gasteiger partial charge in [0, 0.05) is 17.5 Å². The average molecular weight is 377 g/mol. The molecule has 4 aromatic rings. The number of nitrogens with zero attached hydrogens (tertiary/aromatic N) is 3. The summed E-state index contributed by atoms with van der Waals surface area (Å²) < 4.78 is 5.76. The lowest BCUT2D eigenvalue weighted by Gasteiger charge is -2.10. The van der Waals surface area contributed by atoms with Gasteiger partial charge >= 0.3 is 0 Å². The number of fused-ring (bicyclic) bond motifs is 1. The van der Waals surface area contributed by atoms with Gasteiger partial charge in [-0.2, -0.15) is 5.26 Å². The number of hydrogen-bond donors (Lipinski definition) is 1. The van der Waals surface area contributed by atoms with Gasteiger partial charge in [-0.15, -0.1) is 0 Å². The second-order valence-corrected chi connectivity index (χ2v) is 6.54. The van der Waals surface area contributed by atoms with Gasteiger partial charge < -0.3 is 9.40 Å². The molecular weight excluding hydrogens is 364 g/mol. The summed E-state index contributed by atoms with van der Waals surface area (Å²) in [6, 6.07) is 10.8. The predicted octanol–water partition coefficient (Wildman–Crippen LogP) is 4.39. The normalized spacial score (nSPS) is 10.9. The molecule has 0 aliphatic rings. The maximum Gasteiger partial charge on any atom is 0.208 e. The van der Waals surface area contributed by atoms with Crippen LogP contribution >= 0.6 is 11.6 Å². The van der Waals surface area contributed by atoms with Crippen molar-refractivity contribution in [2.45, 2.75) is 13.8 Å². The first-order chi connectivity index (χ1) is 13.0. The molecule has 0 amide bonds. The molecule has 0 spiro atoms. The summed E-state index contributed by atoms with van der Waals surface area (Å²) in [5, 5.41) is 9.80. The van der Waals surface area contributed by atoms with Gasteiger partial charge in [-0.1, -0.05) is 11.6 Å². The van der Waals surface area contributed by atoms with Crippen molar-refractivity contribution >= 4 is 22.6 Å². The average Bonchev–Trinajstić information content (AvgIpc) is 3.07. The number of hydrogen-bond acceptors (Lipinski definition) is 5. The molecule has 4 aromatic heterocycles. The SMILES string of the molecule is Cc1cc(-c2cc3c(=O)c(C#N)c[nH]c3nc2-c2ccc(C)o2)cc(Cl)n1. The van der Waals surface area contributed by atoms with Gasteiger partial charge in [-0.05, 0) is 49.7 Å². The van der Waals surface area contributed by atoms with Crippen LogP contribution in [-0.2, 0) is 0 Å². The smallest absolute Gasteiger partial charge is 0.208 e. The molecule has 0 fully saturated rings. The molecule has 6 nitrogen and oxygen atoms in total. The summed E-state index contributed by atoms with van der Waals surface area (Å²) in [4.78, 5) is 24.3. The van der Waals surface area contributed by atoms with E-state index in [0.29, 0.717) is 33.2 Å². The Labute approximate surface area is 159 Å². The first kappa shape index (κ1) is 17.0. The Balaban J connectivity index is 2.11. The summed E-state index contributed by atoms with van der Waals surface area (Å²) in [6.07, 6.45) is 1.36. The van der Waals surface area contributed by atoms with E-state index in [2.05, 4.69) is 15.0 Å². The van der Waals surface area contributed by atoms with Crippen LogP contribution in [0.2, 0.25) is 5.15 Å². The van der Waals surface area contributed by atoms with Gasteiger partial charge in [0.1, 0.15) is 33.9 Å². The lowest BCUT2D eigenvalue weighted by atomic mass is 10.0. The van der Waals surface area contributed by atoms with Crippen molar-refractivity contribution < 1.29 is 4.42 Å². The van der Waals surface area contributed by atoms with E-state index in [4.69, 9.17) is 21.3 Å². The molecule has 0 unspecified atom stereocenters. The van der Waals surface area contributed by atoms with E-state index in [1.54, 1.807) is 12.1 Å². The first-order valence-corrected chi connectivity index (χ1v) is 8.52. The number of aromatic nitrogens is 3. The number of aromatic amines is 1. The highest BCUT2D eigenvalue weighted by atomic mass is 35.5. The van der Waals surface area contributed by atoms with Crippen molar-refractivity contribution in [2.75, 3.05) is 0 Å². The van der Waals surface area contributed by atoms with Crippen molar-refractivity contribution in [1.29, 1.82) is 5.26 Å². The molecule has 0 aromatic carbocycles. The van der Waals surface area contributed by atoms with Gasteiger partial charge in [-0.25, -0.2) is 9.97 Å². The zero-order chi connectivity index (χ0) is 19.1. The summed E-state index contributed by atoms with van der Waals surface area (Å²) in [5.41, 5.74) is 2.76. The Morgan fingerprint density at radius 1 is 1.19 bits per heavy atom. The van der Waals surface area contributed by atoms with E-state index in [0.717, 1.165) is 17.0 Å². The van der Waals surface area contributed by atoms with Crippen LogP contribution in [-0.4, -0.2) is 15.0 Å². The molecule has 4 rings (SSSR count). The Kier molecular flexibility index (Phi) is 4.02. The number of aryl methyl sites for hydroxylation is 2. The monoisotopic (exact) mass is 376 g/mol. The van der Waals surface area contributed by atoms with E-state index in [9.17, 15) is 4.79 Å². The highest BCUT2D eigenvalue weighted by Crippen LogP contribution is 2.34. The van der Waals surface area contributed by atoms with E-state index < -0.39 is 0 Å². The third-order valence-electron chi connectivity index (χ3n) is 4.19. The predicted molar refractivity (Wildman–Crippen MR) is 102 cm³/mol. The van der Waals surface area contributed by atoms with Crippen molar-refractivity contribution in [3.05, 3.63) is 68.9 Å².